The van der Waals surface area contributed by atoms with Crippen LogP contribution in [-0.4, -0.2) is 64.4 Å². The van der Waals surface area contributed by atoms with E-state index in [1.165, 1.54) is 7.11 Å². The molecule has 1 aromatic heterocycles. The third-order valence-corrected chi connectivity index (χ3v) is 11.1. The van der Waals surface area contributed by atoms with E-state index in [0.29, 0.717) is 6.61 Å². The zero-order valence-electron chi connectivity index (χ0n) is 29.3. The number of aromatic amines is 1. The molecule has 3 aliphatic rings. The van der Waals surface area contributed by atoms with Crippen LogP contribution in [0.15, 0.2) is 42.5 Å². The maximum absolute atomic E-state index is 14.0. The third-order valence-electron chi connectivity index (χ3n) is 11.1. The van der Waals surface area contributed by atoms with Crippen LogP contribution in [0.25, 0.3) is 32.9 Å². The highest BCUT2D eigenvalue weighted by Gasteiger charge is 2.52. The van der Waals surface area contributed by atoms with E-state index in [1.54, 1.807) is 0 Å². The second kappa shape index (κ2) is 11.5. The van der Waals surface area contributed by atoms with E-state index in [0.717, 1.165) is 62.0 Å². The van der Waals surface area contributed by atoms with Gasteiger partial charge < -0.3 is 34.0 Å². The van der Waals surface area contributed by atoms with Gasteiger partial charge in [-0.2, -0.15) is 0 Å². The molecule has 4 heterocycles. The van der Waals surface area contributed by atoms with Crippen LogP contribution in [0.5, 0.6) is 5.75 Å². The molecule has 0 spiro atoms. The lowest BCUT2D eigenvalue weighted by atomic mass is 9.77. The summed E-state index contributed by atoms with van der Waals surface area (Å²) in [6.07, 6.45) is 0.143. The Morgan fingerprint density at radius 3 is 2.46 bits per heavy atom. The molecule has 0 saturated carbocycles. The first-order valence-corrected chi connectivity index (χ1v) is 16.9. The first-order chi connectivity index (χ1) is 22.7. The lowest BCUT2D eigenvalue weighted by Gasteiger charge is -2.33. The number of H-pyrrole nitrogens is 1. The lowest BCUT2D eigenvalue weighted by molar-refractivity contribution is -0.137. The third kappa shape index (κ3) is 5.22. The van der Waals surface area contributed by atoms with Crippen molar-refractivity contribution >= 4 is 46.4 Å². The minimum Gasteiger partial charge on any atom is -0.488 e. The van der Waals surface area contributed by atoms with Gasteiger partial charge in [0.1, 0.15) is 24.2 Å². The van der Waals surface area contributed by atoms with Crippen molar-refractivity contribution in [1.29, 1.82) is 0 Å². The Labute approximate surface area is 282 Å². The number of imidazole rings is 1. The van der Waals surface area contributed by atoms with Crippen LogP contribution in [0, 0.1) is 11.8 Å². The molecule has 2 N–H and O–H groups in total. The van der Waals surface area contributed by atoms with Gasteiger partial charge in [-0.15, -0.1) is 0 Å². The van der Waals surface area contributed by atoms with Crippen molar-refractivity contribution in [3.63, 3.8) is 0 Å². The van der Waals surface area contributed by atoms with Gasteiger partial charge in [-0.3, -0.25) is 4.79 Å². The molecule has 2 saturated heterocycles. The number of fused-ring (bicyclic) bond motifs is 6. The highest BCUT2D eigenvalue weighted by molar-refractivity contribution is 6.62. The Morgan fingerprint density at radius 1 is 1.04 bits per heavy atom. The number of carbonyl (C=O) groups excluding carboxylic acids is 2. The summed E-state index contributed by atoms with van der Waals surface area (Å²) < 4.78 is 23.8. The van der Waals surface area contributed by atoms with Gasteiger partial charge in [-0.25, -0.2) is 9.78 Å². The van der Waals surface area contributed by atoms with Gasteiger partial charge >= 0.3 is 13.2 Å². The van der Waals surface area contributed by atoms with Crippen LogP contribution in [0.2, 0.25) is 0 Å². The summed E-state index contributed by atoms with van der Waals surface area (Å²) in [6, 6.07) is 13.8. The van der Waals surface area contributed by atoms with Crippen LogP contribution in [0.1, 0.15) is 79.2 Å². The molecule has 3 aliphatic heterocycles. The Balaban J connectivity index is 1.22. The number of ether oxygens (including phenoxy) is 2. The van der Waals surface area contributed by atoms with Crippen molar-refractivity contribution in [2.75, 3.05) is 7.11 Å². The molecule has 11 heteroatoms. The SMILES string of the molecule is COC(=O)N[C@H](C(=O)N1[C@H](c2nc3c(ccc4cc5c(cc43)OCc3cc(B4OC(C)(C)C(C)(C)O4)ccc3-5)[nH]2)C[C@H](C)[C@@H]1C)C(C)C. The van der Waals surface area contributed by atoms with Gasteiger partial charge in [-0.05, 0) is 93.1 Å². The average molecular weight is 653 g/mol. The number of methoxy groups -OCH3 is 1. The molecule has 2 amide bonds. The molecule has 0 bridgehead atoms. The summed E-state index contributed by atoms with van der Waals surface area (Å²) in [6.45, 7) is 16.8. The van der Waals surface area contributed by atoms with Crippen LogP contribution in [0.4, 0.5) is 4.79 Å². The van der Waals surface area contributed by atoms with E-state index in [2.05, 4.69) is 94.3 Å². The molecule has 2 fully saturated rings. The monoisotopic (exact) mass is 652 g/mol. The molecule has 0 unspecified atom stereocenters. The second-order valence-electron chi connectivity index (χ2n) is 15.0. The number of aromatic nitrogens is 2. The number of hydrogen-bond acceptors (Lipinski definition) is 7. The normalized spacial score (nSPS) is 23.2. The zero-order chi connectivity index (χ0) is 34.3. The van der Waals surface area contributed by atoms with Crippen molar-refractivity contribution < 1.29 is 28.4 Å². The lowest BCUT2D eigenvalue weighted by Crippen LogP contribution is -2.53. The summed E-state index contributed by atoms with van der Waals surface area (Å²) in [5.74, 6) is 1.54. The molecular formula is C37H45BN4O6. The van der Waals surface area contributed by atoms with Crippen LogP contribution in [0.3, 0.4) is 0 Å². The van der Waals surface area contributed by atoms with Gasteiger partial charge in [0.15, 0.2) is 0 Å². The summed E-state index contributed by atoms with van der Waals surface area (Å²) in [5.41, 5.74) is 5.15. The maximum Gasteiger partial charge on any atom is 0.494 e. The van der Waals surface area contributed by atoms with Gasteiger partial charge in [0.25, 0.3) is 0 Å². The quantitative estimate of drug-likeness (QED) is 0.245. The molecule has 7 rings (SSSR count). The first-order valence-electron chi connectivity index (χ1n) is 16.9. The van der Waals surface area contributed by atoms with E-state index in [1.807, 2.05) is 18.7 Å². The predicted octanol–water partition coefficient (Wildman–Crippen LogP) is 6.25. The zero-order valence-corrected chi connectivity index (χ0v) is 29.3. The fourth-order valence-electron chi connectivity index (χ4n) is 7.29. The number of rotatable bonds is 5. The van der Waals surface area contributed by atoms with Gasteiger partial charge in [0, 0.05) is 17.0 Å². The number of alkyl carbamates (subject to hydrolysis) is 1. The molecular weight excluding hydrogens is 607 g/mol. The minimum atomic E-state index is -0.711. The minimum absolute atomic E-state index is 0.0288. The van der Waals surface area contributed by atoms with E-state index in [9.17, 15) is 9.59 Å². The molecule has 4 aromatic rings. The van der Waals surface area contributed by atoms with E-state index in [4.69, 9.17) is 23.8 Å². The molecule has 48 heavy (non-hydrogen) atoms. The van der Waals surface area contributed by atoms with E-state index >= 15 is 0 Å². The van der Waals surface area contributed by atoms with Crippen molar-refractivity contribution in [1.82, 2.24) is 20.2 Å². The van der Waals surface area contributed by atoms with Crippen molar-refractivity contribution in [2.45, 2.75) is 97.7 Å². The second-order valence-corrected chi connectivity index (χ2v) is 15.0. The average Bonchev–Trinajstić information content (AvgIpc) is 3.68. The number of likely N-dealkylation sites (tertiary alicyclic amines) is 1. The fraction of sp³-hybridized carbons (Fsp3) is 0.486. The number of nitrogens with one attached hydrogen (secondary N) is 2. The predicted molar refractivity (Wildman–Crippen MR) is 186 cm³/mol. The van der Waals surface area contributed by atoms with Crippen molar-refractivity contribution in [3.05, 3.63) is 53.9 Å². The van der Waals surface area contributed by atoms with Gasteiger partial charge in [-0.1, -0.05) is 45.0 Å². The number of carbonyl (C=O) groups is 2. The number of nitrogens with zero attached hydrogens (tertiary/aromatic N) is 2. The molecule has 252 valence electrons. The molecule has 4 atom stereocenters. The number of benzene rings is 3. The number of hydrogen-bond donors (Lipinski definition) is 2. The summed E-state index contributed by atoms with van der Waals surface area (Å²) in [7, 11) is 0.872. The summed E-state index contributed by atoms with van der Waals surface area (Å²) in [4.78, 5) is 36.7. The smallest absolute Gasteiger partial charge is 0.488 e. The maximum atomic E-state index is 14.0. The standard InChI is InChI=1S/C37H45BN4O6/c1-19(2)31(41-35(44)45-9)34(43)42-21(4)20(3)14-29(42)33-39-28-13-10-22-16-27-25-12-11-24(38-47-36(5,6)37(7,8)48-38)15-23(25)18-46-30(27)17-26(22)32(28)40-33/h10-13,15-17,19-21,29,31H,14,18H2,1-9H3,(H,39,40)(H,41,44)/t20-,21-,29-,31-/m0/s1. The summed E-state index contributed by atoms with van der Waals surface area (Å²) in [5, 5.41) is 4.78. The Kier molecular flexibility index (Phi) is 7.79. The summed E-state index contributed by atoms with van der Waals surface area (Å²) >= 11 is 0. The van der Waals surface area contributed by atoms with Gasteiger partial charge in [0.05, 0.1) is 35.4 Å². The van der Waals surface area contributed by atoms with Crippen LogP contribution >= 0.6 is 0 Å². The van der Waals surface area contributed by atoms with Crippen LogP contribution < -0.4 is 15.5 Å². The highest BCUT2D eigenvalue weighted by Crippen LogP contribution is 2.44. The highest BCUT2D eigenvalue weighted by atomic mass is 16.7. The Bertz CT molecular complexity index is 1920. The first kappa shape index (κ1) is 32.5. The molecule has 10 nitrogen and oxygen atoms in total. The fourth-order valence-corrected chi connectivity index (χ4v) is 7.29. The molecule has 3 aromatic carbocycles. The van der Waals surface area contributed by atoms with Crippen molar-refractivity contribution in [2.24, 2.45) is 11.8 Å². The molecule has 0 radical (unpaired) electrons. The van der Waals surface area contributed by atoms with E-state index in [-0.39, 0.29) is 29.8 Å². The molecule has 0 aliphatic carbocycles. The van der Waals surface area contributed by atoms with Crippen molar-refractivity contribution in [3.8, 4) is 16.9 Å². The Hall–Kier alpha value is -4.09. The van der Waals surface area contributed by atoms with Gasteiger partial charge in [0.2, 0.25) is 5.91 Å². The van der Waals surface area contributed by atoms with Crippen LogP contribution in [-0.2, 0) is 25.4 Å². The Morgan fingerprint density at radius 2 is 1.77 bits per heavy atom. The topological polar surface area (TPSA) is 115 Å². The van der Waals surface area contributed by atoms with E-state index < -0.39 is 30.5 Å². The largest absolute Gasteiger partial charge is 0.494 e. The number of amides is 2.